The van der Waals surface area contributed by atoms with E-state index in [9.17, 15) is 4.79 Å². The number of hydrogen-bond acceptors (Lipinski definition) is 4. The smallest absolute Gasteiger partial charge is 0.236 e. The number of ether oxygens (including phenoxy) is 2. The molecule has 1 spiro atoms. The quantitative estimate of drug-likeness (QED) is 0.747. The molecule has 0 saturated carbocycles. The summed E-state index contributed by atoms with van der Waals surface area (Å²) in [6, 6.07) is 0. The van der Waals surface area contributed by atoms with Crippen LogP contribution in [0.3, 0.4) is 0 Å². The fourth-order valence-electron chi connectivity index (χ4n) is 2.83. The molecule has 1 atom stereocenters. The predicted octanol–water partition coefficient (Wildman–Crippen LogP) is 0.132. The Morgan fingerprint density at radius 1 is 1.53 bits per heavy atom. The van der Waals surface area contributed by atoms with Gasteiger partial charge in [0.05, 0.1) is 18.2 Å². The average Bonchev–Trinajstić information content (AvgIpc) is 2.39. The molecule has 0 aliphatic carbocycles. The molecule has 2 N–H and O–H groups in total. The number of nitrogens with two attached hydrogens (primary N) is 1. The van der Waals surface area contributed by atoms with Crippen LogP contribution in [0.1, 0.15) is 25.7 Å². The van der Waals surface area contributed by atoms with Crippen molar-refractivity contribution in [2.45, 2.75) is 37.4 Å². The molecule has 2 saturated heterocycles. The number of hydrogen-bond donors (Lipinski definition) is 1. The van der Waals surface area contributed by atoms with E-state index in [2.05, 4.69) is 0 Å². The fourth-order valence-corrected chi connectivity index (χ4v) is 2.83. The molecule has 5 nitrogen and oxygen atoms in total. The second kappa shape index (κ2) is 5.33. The van der Waals surface area contributed by atoms with Crippen LogP contribution in [-0.4, -0.2) is 55.9 Å². The van der Waals surface area contributed by atoms with Crippen molar-refractivity contribution in [2.24, 2.45) is 5.73 Å². The molecule has 98 valence electrons. The van der Waals surface area contributed by atoms with E-state index >= 15 is 0 Å². The van der Waals surface area contributed by atoms with Gasteiger partial charge in [-0.1, -0.05) is 0 Å². The Balaban J connectivity index is 1.90. The van der Waals surface area contributed by atoms with Gasteiger partial charge in [0.2, 0.25) is 5.91 Å². The lowest BCUT2D eigenvalue weighted by atomic mass is 9.83. The third-order valence-electron chi connectivity index (χ3n) is 3.98. The van der Waals surface area contributed by atoms with Crippen molar-refractivity contribution in [3.05, 3.63) is 0 Å². The molecule has 17 heavy (non-hydrogen) atoms. The Bertz CT molecular complexity index is 275. The second-order valence-corrected chi connectivity index (χ2v) is 4.97. The van der Waals surface area contributed by atoms with Crippen molar-refractivity contribution >= 4 is 5.91 Å². The maximum atomic E-state index is 11.5. The van der Waals surface area contributed by atoms with Crippen molar-refractivity contribution < 1.29 is 14.3 Å². The zero-order valence-electron chi connectivity index (χ0n) is 10.5. The number of likely N-dealkylation sites (tertiary alicyclic amines) is 1. The van der Waals surface area contributed by atoms with Crippen LogP contribution in [0, 0.1) is 0 Å². The number of amides is 1. The van der Waals surface area contributed by atoms with Crippen LogP contribution in [0.25, 0.3) is 0 Å². The molecule has 0 bridgehead atoms. The monoisotopic (exact) mass is 242 g/mol. The number of carbonyl (C=O) groups excluding carboxylic acids is 1. The number of piperidine rings is 1. The molecule has 5 heteroatoms. The van der Waals surface area contributed by atoms with Gasteiger partial charge in [-0.05, 0) is 19.3 Å². The maximum absolute atomic E-state index is 11.5. The zero-order valence-corrected chi connectivity index (χ0v) is 10.5. The Morgan fingerprint density at radius 3 is 2.82 bits per heavy atom. The Kier molecular flexibility index (Phi) is 4.01. The van der Waals surface area contributed by atoms with Gasteiger partial charge >= 0.3 is 0 Å². The highest BCUT2D eigenvalue weighted by Gasteiger charge is 2.41. The minimum absolute atomic E-state index is 0.0407. The number of nitrogens with zero attached hydrogens (tertiary/aromatic N) is 1. The Morgan fingerprint density at radius 2 is 2.24 bits per heavy atom. The molecule has 0 aromatic rings. The van der Waals surface area contributed by atoms with Gasteiger partial charge in [0.25, 0.3) is 0 Å². The minimum atomic E-state index is -0.0652. The van der Waals surface area contributed by atoms with Crippen molar-refractivity contribution in [3.8, 4) is 0 Å². The highest BCUT2D eigenvalue weighted by molar-refractivity contribution is 5.78. The summed E-state index contributed by atoms with van der Waals surface area (Å²) in [7, 11) is 1.76. The lowest BCUT2D eigenvalue weighted by Gasteiger charge is -2.45. The largest absolute Gasteiger partial charge is 0.381 e. The van der Waals surface area contributed by atoms with Gasteiger partial charge < -0.3 is 20.1 Å². The lowest BCUT2D eigenvalue weighted by molar-refractivity contribution is -0.156. The van der Waals surface area contributed by atoms with Crippen LogP contribution in [0.5, 0.6) is 0 Å². The Hall–Kier alpha value is -0.650. The van der Waals surface area contributed by atoms with Crippen molar-refractivity contribution in [3.63, 3.8) is 0 Å². The van der Waals surface area contributed by atoms with E-state index < -0.39 is 0 Å². The molecule has 0 aromatic heterocycles. The zero-order chi connectivity index (χ0) is 12.3. The molecule has 0 radical (unpaired) electrons. The normalized spacial score (nSPS) is 28.4. The highest BCUT2D eigenvalue weighted by atomic mass is 16.5. The minimum Gasteiger partial charge on any atom is -0.381 e. The second-order valence-electron chi connectivity index (χ2n) is 4.97. The molecule has 1 amide bonds. The molecule has 2 fully saturated rings. The molecule has 0 unspecified atom stereocenters. The average molecular weight is 242 g/mol. The fraction of sp³-hybridized carbons (Fsp3) is 0.917. The van der Waals surface area contributed by atoms with Gasteiger partial charge in [-0.15, -0.1) is 0 Å². The first-order valence-electron chi connectivity index (χ1n) is 6.34. The first-order chi connectivity index (χ1) is 8.19. The number of rotatable bonds is 2. The van der Waals surface area contributed by atoms with Crippen molar-refractivity contribution in [1.82, 2.24) is 4.90 Å². The van der Waals surface area contributed by atoms with Crippen LogP contribution in [0.4, 0.5) is 0 Å². The summed E-state index contributed by atoms with van der Waals surface area (Å²) in [5, 5.41) is 0. The first kappa shape index (κ1) is 12.8. The molecule has 2 heterocycles. The van der Waals surface area contributed by atoms with Crippen LogP contribution in [-0.2, 0) is 14.3 Å². The van der Waals surface area contributed by atoms with E-state index in [-0.39, 0.29) is 18.1 Å². The molecule has 0 aromatic carbocycles. The number of carbonyl (C=O) groups is 1. The van der Waals surface area contributed by atoms with E-state index in [1.165, 1.54) is 0 Å². The van der Waals surface area contributed by atoms with Gasteiger partial charge in [0, 0.05) is 33.2 Å². The summed E-state index contributed by atoms with van der Waals surface area (Å²) in [5.41, 5.74) is 5.31. The maximum Gasteiger partial charge on any atom is 0.236 e. The van der Waals surface area contributed by atoms with Crippen LogP contribution < -0.4 is 5.73 Å². The van der Waals surface area contributed by atoms with Crippen molar-refractivity contribution in [1.29, 1.82) is 0 Å². The van der Waals surface area contributed by atoms with Gasteiger partial charge in [-0.3, -0.25) is 4.79 Å². The summed E-state index contributed by atoms with van der Waals surface area (Å²) >= 11 is 0. The summed E-state index contributed by atoms with van der Waals surface area (Å²) in [5.74, 6) is 0.0407. The van der Waals surface area contributed by atoms with E-state index in [1.807, 2.05) is 4.90 Å². The highest BCUT2D eigenvalue weighted by Crippen LogP contribution is 2.35. The third-order valence-corrected chi connectivity index (χ3v) is 3.98. The summed E-state index contributed by atoms with van der Waals surface area (Å²) in [6.07, 6.45) is 4.04. The predicted molar refractivity (Wildman–Crippen MR) is 63.6 cm³/mol. The molecule has 2 rings (SSSR count). The van der Waals surface area contributed by atoms with E-state index in [1.54, 1.807) is 7.11 Å². The first-order valence-corrected chi connectivity index (χ1v) is 6.34. The SMILES string of the molecule is CO[C@H]1CCOC2(CCN(C(=O)CN)CC2)C1. The molecule has 2 aliphatic heterocycles. The van der Waals surface area contributed by atoms with Crippen LogP contribution in [0.15, 0.2) is 0 Å². The van der Waals surface area contributed by atoms with Gasteiger partial charge in [-0.2, -0.15) is 0 Å². The summed E-state index contributed by atoms with van der Waals surface area (Å²) in [6.45, 7) is 2.39. The topological polar surface area (TPSA) is 64.8 Å². The standard InChI is InChI=1S/C12H22N2O3/c1-16-10-2-7-17-12(8-10)3-5-14(6-4-12)11(15)9-13/h10H,2-9,13H2,1H3/t10-/m0/s1. The Labute approximate surface area is 102 Å². The van der Waals surface area contributed by atoms with Crippen LogP contribution >= 0.6 is 0 Å². The van der Waals surface area contributed by atoms with Gasteiger partial charge in [-0.25, -0.2) is 0 Å². The molecule has 2 aliphatic rings. The van der Waals surface area contributed by atoms with Crippen molar-refractivity contribution in [2.75, 3.05) is 33.4 Å². The summed E-state index contributed by atoms with van der Waals surface area (Å²) in [4.78, 5) is 13.3. The van der Waals surface area contributed by atoms with E-state index in [4.69, 9.17) is 15.2 Å². The third kappa shape index (κ3) is 2.78. The number of methoxy groups -OCH3 is 1. The van der Waals surface area contributed by atoms with Gasteiger partial charge in [0.15, 0.2) is 0 Å². The lowest BCUT2D eigenvalue weighted by Crippen LogP contribution is -2.52. The van der Waals surface area contributed by atoms with Crippen LogP contribution in [0.2, 0.25) is 0 Å². The molecular weight excluding hydrogens is 220 g/mol. The van der Waals surface area contributed by atoms with Gasteiger partial charge in [0.1, 0.15) is 0 Å². The van der Waals surface area contributed by atoms with E-state index in [0.717, 1.165) is 45.4 Å². The summed E-state index contributed by atoms with van der Waals surface area (Å²) < 4.78 is 11.4. The van der Waals surface area contributed by atoms with E-state index in [0.29, 0.717) is 6.10 Å². The molecular formula is C12H22N2O3.